The van der Waals surface area contributed by atoms with Gasteiger partial charge in [-0.3, -0.25) is 0 Å². The van der Waals surface area contributed by atoms with Gasteiger partial charge in [0.25, 0.3) is 0 Å². The Morgan fingerprint density at radius 3 is 2.74 bits per heavy atom. The van der Waals surface area contributed by atoms with E-state index in [1.165, 1.54) is 16.8 Å². The molecule has 0 unspecified atom stereocenters. The number of furan rings is 1. The van der Waals surface area contributed by atoms with Crippen molar-refractivity contribution in [3.63, 3.8) is 0 Å². The average Bonchev–Trinajstić information content (AvgIpc) is 2.87. The van der Waals surface area contributed by atoms with E-state index in [0.717, 1.165) is 23.9 Å². The fourth-order valence-corrected chi connectivity index (χ4v) is 2.29. The van der Waals surface area contributed by atoms with Gasteiger partial charge in [-0.25, -0.2) is 0 Å². The first-order valence-corrected chi connectivity index (χ1v) is 6.58. The first kappa shape index (κ1) is 11.8. The van der Waals surface area contributed by atoms with Crippen LogP contribution in [0.4, 0.5) is 5.69 Å². The number of nitrogens with one attached hydrogen (secondary N) is 1. The van der Waals surface area contributed by atoms with Crippen molar-refractivity contribution in [3.8, 4) is 0 Å². The van der Waals surface area contributed by atoms with Crippen LogP contribution in [0.25, 0.3) is 11.0 Å². The highest BCUT2D eigenvalue weighted by atomic mass is 16.3. The molecule has 0 saturated carbocycles. The van der Waals surface area contributed by atoms with Crippen molar-refractivity contribution in [1.29, 1.82) is 0 Å². The molecule has 2 nitrogen and oxygen atoms in total. The van der Waals surface area contributed by atoms with Crippen molar-refractivity contribution in [2.24, 2.45) is 0 Å². The molecule has 1 heterocycles. The minimum atomic E-state index is 0.939. The summed E-state index contributed by atoms with van der Waals surface area (Å²) in [6.45, 7) is 3.04. The van der Waals surface area contributed by atoms with Gasteiger partial charge in [-0.2, -0.15) is 0 Å². The Kier molecular flexibility index (Phi) is 3.23. The van der Waals surface area contributed by atoms with Crippen molar-refractivity contribution in [2.45, 2.75) is 13.3 Å². The Morgan fingerprint density at radius 1 is 1.05 bits per heavy atom. The number of anilines is 1. The summed E-state index contributed by atoms with van der Waals surface area (Å²) in [5.41, 5.74) is 4.71. The molecule has 0 aliphatic heterocycles. The van der Waals surface area contributed by atoms with Crippen LogP contribution in [0.2, 0.25) is 0 Å². The number of hydrogen-bond acceptors (Lipinski definition) is 2. The number of benzene rings is 2. The number of aryl methyl sites for hydroxylation is 1. The van der Waals surface area contributed by atoms with Gasteiger partial charge in [0.15, 0.2) is 0 Å². The number of hydrogen-bond donors (Lipinski definition) is 1. The first-order valence-electron chi connectivity index (χ1n) is 6.58. The van der Waals surface area contributed by atoms with Crippen LogP contribution >= 0.6 is 0 Å². The minimum absolute atomic E-state index is 0.939. The van der Waals surface area contributed by atoms with Crippen LogP contribution in [-0.4, -0.2) is 6.54 Å². The molecule has 2 heteroatoms. The van der Waals surface area contributed by atoms with Gasteiger partial charge >= 0.3 is 0 Å². The molecule has 0 fully saturated rings. The van der Waals surface area contributed by atoms with Crippen molar-refractivity contribution in [1.82, 2.24) is 0 Å². The van der Waals surface area contributed by atoms with Crippen LogP contribution in [0.3, 0.4) is 0 Å². The van der Waals surface area contributed by atoms with Gasteiger partial charge in [-0.1, -0.05) is 30.3 Å². The van der Waals surface area contributed by atoms with Crippen molar-refractivity contribution in [2.75, 3.05) is 11.9 Å². The lowest BCUT2D eigenvalue weighted by atomic mass is 10.1. The lowest BCUT2D eigenvalue weighted by Gasteiger charge is -2.09. The maximum atomic E-state index is 5.40. The summed E-state index contributed by atoms with van der Waals surface area (Å²) in [5.74, 6) is 0. The second-order valence-corrected chi connectivity index (χ2v) is 4.79. The minimum Gasteiger partial charge on any atom is -0.464 e. The summed E-state index contributed by atoms with van der Waals surface area (Å²) in [5, 5.41) is 4.65. The van der Waals surface area contributed by atoms with Gasteiger partial charge in [0.05, 0.1) is 6.26 Å². The lowest BCUT2D eigenvalue weighted by molar-refractivity contribution is 0.615. The van der Waals surface area contributed by atoms with Crippen LogP contribution in [0.15, 0.2) is 59.2 Å². The quantitative estimate of drug-likeness (QED) is 0.743. The Balaban J connectivity index is 1.69. The molecule has 2 aromatic carbocycles. The van der Waals surface area contributed by atoms with Crippen LogP contribution in [0.1, 0.15) is 11.1 Å². The van der Waals surface area contributed by atoms with Crippen molar-refractivity contribution >= 4 is 16.7 Å². The fraction of sp³-hybridized carbons (Fsp3) is 0.176. The van der Waals surface area contributed by atoms with E-state index in [2.05, 4.69) is 48.6 Å². The molecular weight excluding hydrogens is 234 g/mol. The Morgan fingerprint density at radius 2 is 1.89 bits per heavy atom. The van der Waals surface area contributed by atoms with Gasteiger partial charge in [0, 0.05) is 17.6 Å². The smallest absolute Gasteiger partial charge is 0.134 e. The zero-order valence-corrected chi connectivity index (χ0v) is 11.0. The normalized spacial score (nSPS) is 10.8. The zero-order chi connectivity index (χ0) is 13.1. The summed E-state index contributed by atoms with van der Waals surface area (Å²) >= 11 is 0. The Labute approximate surface area is 113 Å². The summed E-state index contributed by atoms with van der Waals surface area (Å²) in [6.07, 6.45) is 2.77. The van der Waals surface area contributed by atoms with Crippen LogP contribution in [0.5, 0.6) is 0 Å². The molecule has 96 valence electrons. The largest absolute Gasteiger partial charge is 0.464 e. The van der Waals surface area contributed by atoms with Crippen LogP contribution in [-0.2, 0) is 6.42 Å². The van der Waals surface area contributed by atoms with Crippen molar-refractivity contribution in [3.05, 3.63) is 65.9 Å². The molecule has 0 spiro atoms. The van der Waals surface area contributed by atoms with Crippen molar-refractivity contribution < 1.29 is 4.42 Å². The number of fused-ring (bicyclic) bond motifs is 1. The topological polar surface area (TPSA) is 25.2 Å². The highest BCUT2D eigenvalue weighted by Crippen LogP contribution is 2.24. The van der Waals surface area contributed by atoms with E-state index >= 15 is 0 Å². The van der Waals surface area contributed by atoms with E-state index in [4.69, 9.17) is 4.42 Å². The second kappa shape index (κ2) is 5.19. The van der Waals surface area contributed by atoms with Crippen LogP contribution in [0, 0.1) is 6.92 Å². The molecule has 0 atom stereocenters. The molecule has 0 amide bonds. The van der Waals surface area contributed by atoms with Gasteiger partial charge in [-0.15, -0.1) is 0 Å². The molecular formula is C17H17NO. The third kappa shape index (κ3) is 2.63. The molecule has 3 aromatic rings. The van der Waals surface area contributed by atoms with Gasteiger partial charge in [0.2, 0.25) is 0 Å². The summed E-state index contributed by atoms with van der Waals surface area (Å²) in [6, 6.07) is 16.8. The summed E-state index contributed by atoms with van der Waals surface area (Å²) in [4.78, 5) is 0. The van der Waals surface area contributed by atoms with E-state index in [-0.39, 0.29) is 0 Å². The Hall–Kier alpha value is -2.22. The standard InChI is InChI=1S/C17H17NO/c1-13-11-17-15(8-10-19-17)12-16(13)18-9-7-14-5-3-2-4-6-14/h2-6,8,10-12,18H,7,9H2,1H3. The fourth-order valence-electron chi connectivity index (χ4n) is 2.29. The third-order valence-corrected chi connectivity index (χ3v) is 3.37. The molecule has 0 aliphatic rings. The maximum Gasteiger partial charge on any atom is 0.134 e. The maximum absolute atomic E-state index is 5.40. The molecule has 0 bridgehead atoms. The highest BCUT2D eigenvalue weighted by molar-refractivity contribution is 5.82. The summed E-state index contributed by atoms with van der Waals surface area (Å²) in [7, 11) is 0. The predicted octanol–water partition coefficient (Wildman–Crippen LogP) is 4.40. The highest BCUT2D eigenvalue weighted by Gasteiger charge is 2.03. The van der Waals surface area contributed by atoms with E-state index in [1.54, 1.807) is 6.26 Å². The average molecular weight is 251 g/mol. The van der Waals surface area contributed by atoms with E-state index in [0.29, 0.717) is 0 Å². The second-order valence-electron chi connectivity index (χ2n) is 4.79. The number of rotatable bonds is 4. The predicted molar refractivity (Wildman–Crippen MR) is 79.6 cm³/mol. The SMILES string of the molecule is Cc1cc2occc2cc1NCCc1ccccc1. The third-order valence-electron chi connectivity index (χ3n) is 3.37. The van der Waals surface area contributed by atoms with E-state index in [1.807, 2.05) is 12.1 Å². The van der Waals surface area contributed by atoms with E-state index < -0.39 is 0 Å². The zero-order valence-electron chi connectivity index (χ0n) is 11.0. The molecule has 3 rings (SSSR count). The molecule has 0 aliphatic carbocycles. The molecule has 1 aromatic heterocycles. The van der Waals surface area contributed by atoms with Gasteiger partial charge in [-0.05, 0) is 42.7 Å². The Bertz CT molecular complexity index is 670. The lowest BCUT2D eigenvalue weighted by Crippen LogP contribution is -2.05. The van der Waals surface area contributed by atoms with E-state index in [9.17, 15) is 0 Å². The first-order chi connectivity index (χ1) is 9.33. The molecule has 0 saturated heterocycles. The van der Waals surface area contributed by atoms with Gasteiger partial charge < -0.3 is 9.73 Å². The molecule has 19 heavy (non-hydrogen) atoms. The monoisotopic (exact) mass is 251 g/mol. The molecule has 1 N–H and O–H groups in total. The van der Waals surface area contributed by atoms with Crippen LogP contribution < -0.4 is 5.32 Å². The molecule has 0 radical (unpaired) electrons. The van der Waals surface area contributed by atoms with Gasteiger partial charge in [0.1, 0.15) is 5.58 Å². The summed E-state index contributed by atoms with van der Waals surface area (Å²) < 4.78 is 5.40.